The molecule has 4 heteroatoms. The van der Waals surface area contributed by atoms with Crippen molar-refractivity contribution in [2.24, 2.45) is 0 Å². The first-order valence-electron chi connectivity index (χ1n) is 9.98. The molecule has 1 saturated heterocycles. The second kappa shape index (κ2) is 7.61. The highest BCUT2D eigenvalue weighted by atomic mass is 19.1. The summed E-state index contributed by atoms with van der Waals surface area (Å²) < 4.78 is 25.9. The topological polar surface area (TPSA) is 35.5 Å². The van der Waals surface area contributed by atoms with Crippen LogP contribution in [0.4, 0.5) is 4.39 Å². The lowest BCUT2D eigenvalue weighted by molar-refractivity contribution is -0.171. The molecule has 1 aliphatic carbocycles. The molecule has 28 heavy (non-hydrogen) atoms. The molecule has 0 radical (unpaired) electrons. The number of hydrogen-bond acceptors (Lipinski definition) is 3. The van der Waals surface area contributed by atoms with Gasteiger partial charge in [0.15, 0.2) is 11.6 Å². The number of benzene rings is 2. The van der Waals surface area contributed by atoms with Crippen LogP contribution in [-0.4, -0.2) is 24.3 Å². The Balaban J connectivity index is 1.69. The van der Waals surface area contributed by atoms with Gasteiger partial charge in [0.25, 0.3) is 0 Å². The second-order valence-corrected chi connectivity index (χ2v) is 7.49. The molecule has 2 aliphatic rings. The number of carbonyl (C=O) groups is 1. The van der Waals surface area contributed by atoms with Gasteiger partial charge < -0.3 is 9.47 Å². The minimum absolute atomic E-state index is 0.0809. The minimum atomic E-state index is -0.510. The van der Waals surface area contributed by atoms with E-state index in [0.29, 0.717) is 30.6 Å². The predicted octanol–water partition coefficient (Wildman–Crippen LogP) is 5.32. The smallest absolute Gasteiger partial charge is 0.193 e. The van der Waals surface area contributed by atoms with Crippen molar-refractivity contribution in [1.82, 2.24) is 0 Å². The fourth-order valence-electron chi connectivity index (χ4n) is 4.13. The molecule has 1 heterocycles. The molecular formula is C24H25FO3. The number of Topliss-reactive ketones (excluding diaryl/α,β-unsaturated/α-hetero) is 1. The highest BCUT2D eigenvalue weighted by Crippen LogP contribution is 2.35. The van der Waals surface area contributed by atoms with Gasteiger partial charge in [-0.2, -0.15) is 0 Å². The Kier molecular flexibility index (Phi) is 5.17. The van der Waals surface area contributed by atoms with Gasteiger partial charge in [-0.05, 0) is 54.5 Å². The highest BCUT2D eigenvalue weighted by Gasteiger charge is 2.38. The third-order valence-electron chi connectivity index (χ3n) is 5.83. The largest absolute Gasteiger partial charge is 0.347 e. The van der Waals surface area contributed by atoms with Gasteiger partial charge in [0.1, 0.15) is 5.82 Å². The number of rotatable bonds is 4. The van der Waals surface area contributed by atoms with E-state index in [4.69, 9.17) is 9.47 Å². The van der Waals surface area contributed by atoms with Crippen LogP contribution in [0, 0.1) is 5.82 Å². The van der Waals surface area contributed by atoms with Gasteiger partial charge >= 0.3 is 0 Å². The minimum Gasteiger partial charge on any atom is -0.347 e. The molecular weight excluding hydrogens is 355 g/mol. The fourth-order valence-corrected chi connectivity index (χ4v) is 4.13. The summed E-state index contributed by atoms with van der Waals surface area (Å²) >= 11 is 0. The lowest BCUT2D eigenvalue weighted by Gasteiger charge is -2.24. The lowest BCUT2D eigenvalue weighted by Crippen LogP contribution is -2.28. The van der Waals surface area contributed by atoms with E-state index in [-0.39, 0.29) is 17.7 Å². The molecule has 1 fully saturated rings. The van der Waals surface area contributed by atoms with Crippen LogP contribution in [0.3, 0.4) is 0 Å². The van der Waals surface area contributed by atoms with Crippen LogP contribution in [0.15, 0.2) is 48.5 Å². The summed E-state index contributed by atoms with van der Waals surface area (Å²) in [6.07, 6.45) is 4.66. The van der Waals surface area contributed by atoms with Crippen molar-refractivity contribution >= 4 is 11.4 Å². The zero-order valence-electron chi connectivity index (χ0n) is 16.3. The first kappa shape index (κ1) is 19.0. The zero-order valence-corrected chi connectivity index (χ0v) is 16.3. The quantitative estimate of drug-likeness (QED) is 0.674. The van der Waals surface area contributed by atoms with Crippen LogP contribution in [-0.2, 0) is 15.9 Å². The Morgan fingerprint density at radius 3 is 2.61 bits per heavy atom. The Hall–Kier alpha value is -2.30. The summed E-state index contributed by atoms with van der Waals surface area (Å²) in [5, 5.41) is 0. The van der Waals surface area contributed by atoms with Crippen LogP contribution in [0.1, 0.15) is 60.2 Å². The van der Waals surface area contributed by atoms with Crippen molar-refractivity contribution in [2.45, 2.75) is 51.4 Å². The molecule has 0 bridgehead atoms. The molecule has 0 aromatic heterocycles. The lowest BCUT2D eigenvalue weighted by atomic mass is 9.95. The van der Waals surface area contributed by atoms with Crippen LogP contribution >= 0.6 is 0 Å². The average molecular weight is 380 g/mol. The Morgan fingerprint density at radius 2 is 1.86 bits per heavy atom. The summed E-state index contributed by atoms with van der Waals surface area (Å²) in [6, 6.07) is 12.4. The highest BCUT2D eigenvalue weighted by molar-refractivity contribution is 6.30. The predicted molar refractivity (Wildman–Crippen MR) is 107 cm³/mol. The molecule has 0 saturated carbocycles. The third kappa shape index (κ3) is 3.43. The molecule has 3 nitrogen and oxygen atoms in total. The van der Waals surface area contributed by atoms with E-state index >= 15 is 0 Å². The van der Waals surface area contributed by atoms with E-state index in [1.165, 1.54) is 12.1 Å². The van der Waals surface area contributed by atoms with Gasteiger partial charge in [0.2, 0.25) is 0 Å². The van der Waals surface area contributed by atoms with Crippen molar-refractivity contribution in [3.8, 4) is 0 Å². The number of carbonyl (C=O) groups excluding carboxylic acids is 1. The number of fused-ring (bicyclic) bond motifs is 2. The normalized spacial score (nSPS) is 22.0. The third-order valence-corrected chi connectivity index (χ3v) is 5.83. The number of allylic oxidation sites excluding steroid dienone is 1. The van der Waals surface area contributed by atoms with Gasteiger partial charge in [0, 0.05) is 11.1 Å². The Morgan fingerprint density at radius 1 is 1.11 bits per heavy atom. The fraction of sp³-hybridized carbons (Fsp3) is 0.375. The van der Waals surface area contributed by atoms with E-state index in [2.05, 4.69) is 13.8 Å². The van der Waals surface area contributed by atoms with E-state index in [1.807, 2.05) is 30.3 Å². The average Bonchev–Trinajstić information content (AvgIpc) is 3.09. The van der Waals surface area contributed by atoms with Gasteiger partial charge in [-0.25, -0.2) is 4.39 Å². The molecule has 4 rings (SSSR count). The summed E-state index contributed by atoms with van der Waals surface area (Å²) in [5.41, 5.74) is 3.92. The Labute approximate surface area is 165 Å². The molecule has 0 unspecified atom stereocenters. The summed E-state index contributed by atoms with van der Waals surface area (Å²) in [6.45, 7) is 4.63. The van der Waals surface area contributed by atoms with E-state index < -0.39 is 5.79 Å². The monoisotopic (exact) mass is 380 g/mol. The molecule has 0 N–H and O–H groups in total. The van der Waals surface area contributed by atoms with Crippen LogP contribution in [0.25, 0.3) is 5.57 Å². The summed E-state index contributed by atoms with van der Waals surface area (Å²) in [7, 11) is 0. The maximum Gasteiger partial charge on any atom is 0.193 e. The molecule has 1 atom stereocenters. The molecule has 1 aliphatic heterocycles. The second-order valence-electron chi connectivity index (χ2n) is 7.49. The van der Waals surface area contributed by atoms with E-state index in [1.54, 1.807) is 6.07 Å². The molecule has 146 valence electrons. The Bertz CT molecular complexity index is 927. The van der Waals surface area contributed by atoms with Crippen LogP contribution in [0.5, 0.6) is 0 Å². The number of halogens is 1. The first-order chi connectivity index (χ1) is 13.5. The van der Waals surface area contributed by atoms with Gasteiger partial charge in [-0.15, -0.1) is 0 Å². The van der Waals surface area contributed by atoms with Gasteiger partial charge in [-0.1, -0.05) is 50.3 Å². The van der Waals surface area contributed by atoms with Crippen molar-refractivity contribution in [3.63, 3.8) is 0 Å². The van der Waals surface area contributed by atoms with Crippen molar-refractivity contribution < 1.29 is 18.7 Å². The summed E-state index contributed by atoms with van der Waals surface area (Å²) in [4.78, 5) is 13.3. The summed E-state index contributed by atoms with van der Waals surface area (Å²) in [5.74, 6) is -1.03. The standard InChI is InChI=1S/C24H25FO3/c1-3-24(4-2)27-15-19(28-24)11-12-21-20-8-6-5-7-16(20)13-17-9-10-18(25)14-22(17)23(21)26/h5-10,12,14,19H,3-4,11,13,15H2,1-2H3/b21-12-/t19-/m0/s1. The molecule has 0 amide bonds. The van der Waals surface area contributed by atoms with E-state index in [9.17, 15) is 9.18 Å². The number of ketones is 1. The number of hydrogen-bond donors (Lipinski definition) is 0. The SMILES string of the molecule is CCC1(CC)OC[C@H](C/C=C2\C(=O)c3cc(F)ccc3Cc3ccccc32)O1. The molecule has 2 aromatic carbocycles. The van der Waals surface area contributed by atoms with Crippen LogP contribution in [0.2, 0.25) is 0 Å². The van der Waals surface area contributed by atoms with Crippen molar-refractivity contribution in [1.29, 1.82) is 0 Å². The van der Waals surface area contributed by atoms with Gasteiger partial charge in [-0.3, -0.25) is 4.79 Å². The van der Waals surface area contributed by atoms with E-state index in [0.717, 1.165) is 29.5 Å². The maximum absolute atomic E-state index is 13.8. The van der Waals surface area contributed by atoms with Crippen molar-refractivity contribution in [3.05, 3.63) is 76.6 Å². The molecule has 0 spiro atoms. The van der Waals surface area contributed by atoms with Crippen LogP contribution < -0.4 is 0 Å². The van der Waals surface area contributed by atoms with Crippen molar-refractivity contribution in [2.75, 3.05) is 6.61 Å². The molecule has 2 aromatic rings. The maximum atomic E-state index is 13.8. The number of ether oxygens (including phenoxy) is 2. The van der Waals surface area contributed by atoms with Gasteiger partial charge in [0.05, 0.1) is 12.7 Å². The zero-order chi connectivity index (χ0) is 19.7. The first-order valence-corrected chi connectivity index (χ1v) is 9.98.